The zero-order valence-electron chi connectivity index (χ0n) is 38.0. The fraction of sp³-hybridized carbons (Fsp3) is 0.596. The smallest absolute Gasteiger partial charge is 0.457 e. The summed E-state index contributed by atoms with van der Waals surface area (Å²) < 4.78 is 22.8. The second-order valence-corrected chi connectivity index (χ2v) is 21.5. The number of aryl methyl sites for hydroxylation is 1. The zero-order chi connectivity index (χ0) is 45.2. The average Bonchev–Trinajstić information content (AvgIpc) is 3.59. The highest BCUT2D eigenvalue weighted by atomic mass is 35.5. The third kappa shape index (κ3) is 7.44. The fourth-order valence-electron chi connectivity index (χ4n) is 13.7. The first-order valence-corrected chi connectivity index (χ1v) is 23.6. The number of hydrogen-bond donors (Lipinski definition) is 1. The van der Waals surface area contributed by atoms with E-state index in [1.165, 1.54) is 5.57 Å². The van der Waals surface area contributed by atoms with Gasteiger partial charge in [0.25, 0.3) is 0 Å². The Morgan fingerprint density at radius 2 is 1.48 bits per heavy atom. The summed E-state index contributed by atoms with van der Waals surface area (Å²) in [6.07, 6.45) is 8.68. The van der Waals surface area contributed by atoms with Gasteiger partial charge in [-0.15, -0.1) is 11.6 Å². The number of rotatable bonds is 11. The highest BCUT2D eigenvalue weighted by Gasteiger charge is 2.72. The minimum atomic E-state index is -1.21. The second kappa shape index (κ2) is 16.5. The second-order valence-electron chi connectivity index (χ2n) is 21.1. The van der Waals surface area contributed by atoms with Gasteiger partial charge < -0.3 is 23.6 Å². The van der Waals surface area contributed by atoms with E-state index in [1.807, 2.05) is 73.7 Å². The van der Waals surface area contributed by atoms with Gasteiger partial charge in [-0.25, -0.2) is 4.79 Å². The lowest BCUT2D eigenvalue weighted by Gasteiger charge is -2.70. The molecule has 338 valence electrons. The van der Waals surface area contributed by atoms with Gasteiger partial charge in [0.1, 0.15) is 0 Å². The average molecular weight is 883 g/mol. The maximum absolute atomic E-state index is 15.3. The van der Waals surface area contributed by atoms with Crippen LogP contribution >= 0.6 is 11.6 Å². The Kier molecular flexibility index (Phi) is 11.8. The van der Waals surface area contributed by atoms with Gasteiger partial charge >= 0.3 is 17.8 Å². The topological polar surface area (TPSA) is 142 Å². The Morgan fingerprint density at radius 3 is 2.10 bits per heavy atom. The molecule has 8 rings (SSSR count). The van der Waals surface area contributed by atoms with Gasteiger partial charge in [0.2, 0.25) is 5.91 Å². The highest BCUT2D eigenvalue weighted by Crippen LogP contribution is 2.75. The number of nitrogens with one attached hydrogen (secondary N) is 1. The van der Waals surface area contributed by atoms with E-state index in [-0.39, 0.29) is 64.9 Å². The number of carbonyl (C=O) groups is 4. The maximum Gasteiger partial charge on any atom is 0.519 e. The van der Waals surface area contributed by atoms with Crippen molar-refractivity contribution in [3.63, 3.8) is 0 Å². The Bertz CT molecular complexity index is 2300. The van der Waals surface area contributed by atoms with E-state index in [0.717, 1.165) is 30.4 Å². The summed E-state index contributed by atoms with van der Waals surface area (Å²) in [5.41, 5.74) is -0.447. The molecule has 11 heteroatoms. The molecule has 0 aliphatic heterocycles. The summed E-state index contributed by atoms with van der Waals surface area (Å²) >= 11 is 5.95. The van der Waals surface area contributed by atoms with Gasteiger partial charge in [0, 0.05) is 24.3 Å². The van der Waals surface area contributed by atoms with Crippen molar-refractivity contribution in [1.82, 2.24) is 5.32 Å². The molecule has 3 aromatic rings. The van der Waals surface area contributed by atoms with E-state index >= 15 is 4.79 Å². The van der Waals surface area contributed by atoms with E-state index in [1.54, 1.807) is 6.92 Å². The molecule has 2 aromatic carbocycles. The molecule has 1 N–H and O–H groups in total. The van der Waals surface area contributed by atoms with Crippen LogP contribution in [0, 0.1) is 57.2 Å². The number of halogens is 1. The Hall–Kier alpha value is -4.44. The third-order valence-corrected chi connectivity index (χ3v) is 17.9. The highest BCUT2D eigenvalue weighted by molar-refractivity contribution is 6.17. The Balaban J connectivity index is 1.11. The standard InChI is InChI=1S/C52H64ClNO9/c1-32-38(62-46(59)61-32)31-60-45(58)52(7)39-20-23-51(6)43(49(39,4)22-21-40(52)54-41(56)19-14-28-53)37(55)29-35-36-30-48(3,25-24-47(36,2)26-27-50(35,51)5)44(57)63-42(33-15-10-8-11-16-33)34-17-12-9-13-18-34/h8-13,15-18,29,36,39-40,42-43H,14,19-28,30-31H2,1-7H3,(H,54,56)/t36-,39+,40-,43+,47+,48-,49-,50+,51+,52-/m0/s1. The lowest BCUT2D eigenvalue weighted by atomic mass is 9.33. The first kappa shape index (κ1) is 45.1. The van der Waals surface area contributed by atoms with E-state index in [9.17, 15) is 19.2 Å². The molecule has 1 heterocycles. The van der Waals surface area contributed by atoms with Crippen molar-refractivity contribution >= 4 is 35.2 Å². The SMILES string of the molecule is Cc1oc(=O)oc1COC(=O)[C@]1(C)[C@@H](NC(=O)CCCCl)CC[C@@]2(C)[C@H]1CC[C@]1(C)[C@@H]2C(=O)C=C2[C@@H]3C[C@@](C)(C(=O)OC(c4ccccc4)c4ccccc4)CC[C@]3(C)CC[C@]21C. The van der Waals surface area contributed by atoms with Crippen molar-refractivity contribution < 1.29 is 37.5 Å². The molecule has 10 nitrogen and oxygen atoms in total. The summed E-state index contributed by atoms with van der Waals surface area (Å²) in [5, 5.41) is 3.19. The molecule has 5 aliphatic rings. The molecule has 1 aromatic heterocycles. The number of ketones is 1. The Morgan fingerprint density at radius 1 is 0.825 bits per heavy atom. The predicted molar refractivity (Wildman–Crippen MR) is 238 cm³/mol. The molecular formula is C52H64ClNO9. The molecule has 10 atom stereocenters. The van der Waals surface area contributed by atoms with Crippen molar-refractivity contribution in [1.29, 1.82) is 0 Å². The van der Waals surface area contributed by atoms with E-state index in [2.05, 4.69) is 39.9 Å². The number of fused-ring (bicyclic) bond motifs is 7. The van der Waals surface area contributed by atoms with Crippen LogP contribution in [0.4, 0.5) is 0 Å². The molecule has 0 spiro atoms. The maximum atomic E-state index is 15.3. The van der Waals surface area contributed by atoms with Crippen molar-refractivity contribution in [3.05, 3.63) is 106 Å². The molecule has 4 saturated carbocycles. The van der Waals surface area contributed by atoms with Gasteiger partial charge in [0.15, 0.2) is 30.0 Å². The number of ether oxygens (including phenoxy) is 2. The first-order valence-electron chi connectivity index (χ1n) is 23.0. The largest absolute Gasteiger partial charge is 0.519 e. The molecule has 0 unspecified atom stereocenters. The number of benzene rings is 2. The summed E-state index contributed by atoms with van der Waals surface area (Å²) in [4.78, 5) is 69.8. The minimum Gasteiger partial charge on any atom is -0.457 e. The molecular weight excluding hydrogens is 818 g/mol. The summed E-state index contributed by atoms with van der Waals surface area (Å²) in [6, 6.07) is 19.3. The molecule has 4 fully saturated rings. The predicted octanol–water partition coefficient (Wildman–Crippen LogP) is 10.4. The summed E-state index contributed by atoms with van der Waals surface area (Å²) in [6.45, 7) is 14.4. The molecule has 1 amide bonds. The number of hydrogen-bond acceptors (Lipinski definition) is 9. The Labute approximate surface area is 376 Å². The monoisotopic (exact) mass is 881 g/mol. The quantitative estimate of drug-likeness (QED) is 0.147. The number of alkyl halides is 1. The normalized spacial score (nSPS) is 35.9. The third-order valence-electron chi connectivity index (χ3n) is 17.7. The van der Waals surface area contributed by atoms with Crippen LogP contribution in [0.2, 0.25) is 0 Å². The summed E-state index contributed by atoms with van der Waals surface area (Å²) in [5.74, 6) is -1.69. The van der Waals surface area contributed by atoms with Gasteiger partial charge in [-0.3, -0.25) is 19.2 Å². The van der Waals surface area contributed by atoms with Crippen molar-refractivity contribution in [2.24, 2.45) is 50.2 Å². The van der Waals surface area contributed by atoms with Crippen molar-refractivity contribution in [3.8, 4) is 0 Å². The van der Waals surface area contributed by atoms with Crippen LogP contribution < -0.4 is 11.1 Å². The van der Waals surface area contributed by atoms with E-state index in [4.69, 9.17) is 29.9 Å². The van der Waals surface area contributed by atoms with Gasteiger partial charge in [-0.1, -0.05) is 93.9 Å². The van der Waals surface area contributed by atoms with Gasteiger partial charge in [0.05, 0.1) is 10.8 Å². The lowest BCUT2D eigenvalue weighted by molar-refractivity contribution is -0.205. The van der Waals surface area contributed by atoms with Crippen LogP contribution in [0.25, 0.3) is 0 Å². The number of allylic oxidation sites excluding steroid dienone is 2. The number of carbonyl (C=O) groups excluding carboxylic acids is 4. The van der Waals surface area contributed by atoms with E-state index < -0.39 is 51.5 Å². The van der Waals surface area contributed by atoms with Crippen LogP contribution in [0.15, 0.2) is 85.9 Å². The summed E-state index contributed by atoms with van der Waals surface area (Å²) in [7, 11) is 0. The molecule has 0 saturated heterocycles. The van der Waals surface area contributed by atoms with Crippen molar-refractivity contribution in [2.45, 2.75) is 138 Å². The van der Waals surface area contributed by atoms with Crippen LogP contribution in [0.1, 0.15) is 141 Å². The molecule has 5 aliphatic carbocycles. The van der Waals surface area contributed by atoms with E-state index in [0.29, 0.717) is 50.8 Å². The lowest BCUT2D eigenvalue weighted by Crippen LogP contribution is -2.69. The number of esters is 2. The van der Waals surface area contributed by atoms with Gasteiger partial charge in [-0.05, 0) is 136 Å². The van der Waals surface area contributed by atoms with Crippen molar-refractivity contribution in [2.75, 3.05) is 5.88 Å². The minimum absolute atomic E-state index is 0.00677. The number of amides is 1. The first-order chi connectivity index (χ1) is 29.8. The van der Waals surface area contributed by atoms with Crippen LogP contribution in [0.3, 0.4) is 0 Å². The fourth-order valence-corrected chi connectivity index (χ4v) is 13.8. The van der Waals surface area contributed by atoms with Gasteiger partial charge in [-0.2, -0.15) is 0 Å². The molecule has 0 bridgehead atoms. The van der Waals surface area contributed by atoms with Crippen LogP contribution in [-0.4, -0.2) is 35.6 Å². The molecule has 0 radical (unpaired) electrons. The van der Waals surface area contributed by atoms with Crippen LogP contribution in [-0.2, 0) is 35.3 Å². The molecule has 63 heavy (non-hydrogen) atoms. The van der Waals surface area contributed by atoms with Crippen LogP contribution in [0.5, 0.6) is 0 Å². The zero-order valence-corrected chi connectivity index (χ0v) is 38.7.